The Morgan fingerprint density at radius 2 is 1.86 bits per heavy atom. The lowest BCUT2D eigenvalue weighted by Crippen LogP contribution is -2.57. The van der Waals surface area contributed by atoms with E-state index in [1.54, 1.807) is 0 Å². The number of hydrogen-bond donors (Lipinski definition) is 1. The van der Waals surface area contributed by atoms with Crippen molar-refractivity contribution in [3.63, 3.8) is 0 Å². The molecule has 0 saturated carbocycles. The van der Waals surface area contributed by atoms with E-state index in [1.807, 2.05) is 6.92 Å². The van der Waals surface area contributed by atoms with E-state index in [9.17, 15) is 0 Å². The van der Waals surface area contributed by atoms with Gasteiger partial charge in [0.2, 0.25) is 0 Å². The van der Waals surface area contributed by atoms with Crippen molar-refractivity contribution in [3.8, 4) is 0 Å². The lowest BCUT2D eigenvalue weighted by Gasteiger charge is -2.44. The van der Waals surface area contributed by atoms with Crippen molar-refractivity contribution in [2.75, 3.05) is 19.9 Å². The maximum absolute atomic E-state index is 5.12. The van der Waals surface area contributed by atoms with Crippen LogP contribution >= 0.6 is 0 Å². The maximum Gasteiger partial charge on any atom is 0.138 e. The number of unbranched alkanes of at least 4 members (excludes halogenated alkanes) is 1. The summed E-state index contributed by atoms with van der Waals surface area (Å²) in [5.74, 6) is 1.07. The van der Waals surface area contributed by atoms with Crippen LogP contribution < -0.4 is 5.32 Å². The van der Waals surface area contributed by atoms with Crippen molar-refractivity contribution in [1.82, 2.24) is 15.1 Å². The van der Waals surface area contributed by atoms with Crippen LogP contribution in [0, 0.1) is 13.8 Å². The smallest absolute Gasteiger partial charge is 0.138 e. The fraction of sp³-hybridized carbons (Fsp3) is 0.400. The molecule has 154 valence electrons. The predicted octanol–water partition coefficient (Wildman–Crippen LogP) is 5.34. The Labute approximate surface area is 176 Å². The molecular weight excluding hydrogens is 356 g/mol. The van der Waals surface area contributed by atoms with Gasteiger partial charge in [-0.25, -0.2) is 4.99 Å². The van der Waals surface area contributed by atoms with Crippen LogP contribution in [0.3, 0.4) is 0 Å². The number of aliphatic imine (C=N–C) groups is 1. The first kappa shape index (κ1) is 21.1. The van der Waals surface area contributed by atoms with Gasteiger partial charge in [-0.15, -0.1) is 0 Å². The van der Waals surface area contributed by atoms with E-state index in [-0.39, 0.29) is 0 Å². The Balaban J connectivity index is 1.88. The van der Waals surface area contributed by atoms with Crippen LogP contribution in [0.1, 0.15) is 48.9 Å². The summed E-state index contributed by atoms with van der Waals surface area (Å²) in [5.41, 5.74) is 6.96. The highest BCUT2D eigenvalue weighted by atomic mass is 15.5. The predicted molar refractivity (Wildman–Crippen MR) is 123 cm³/mol. The fourth-order valence-corrected chi connectivity index (χ4v) is 3.54. The zero-order valence-corrected chi connectivity index (χ0v) is 18.3. The molecular formula is C25H34N4. The van der Waals surface area contributed by atoms with E-state index >= 15 is 0 Å². The van der Waals surface area contributed by atoms with Crippen LogP contribution in [0.4, 0.5) is 5.69 Å². The van der Waals surface area contributed by atoms with E-state index < -0.39 is 0 Å². The molecule has 0 unspecified atom stereocenters. The van der Waals surface area contributed by atoms with Crippen LogP contribution in [0.5, 0.6) is 0 Å². The molecule has 4 nitrogen and oxygen atoms in total. The monoisotopic (exact) mass is 390 g/mol. The number of rotatable bonds is 8. The molecule has 1 heterocycles. The molecule has 0 bridgehead atoms. The minimum Gasteiger partial charge on any atom is -0.385 e. The summed E-state index contributed by atoms with van der Waals surface area (Å²) < 4.78 is 0. The summed E-state index contributed by atoms with van der Waals surface area (Å²) in [7, 11) is 0. The van der Waals surface area contributed by atoms with E-state index in [4.69, 9.17) is 4.99 Å². The van der Waals surface area contributed by atoms with Gasteiger partial charge in [-0.2, -0.15) is 0 Å². The fourth-order valence-electron chi connectivity index (χ4n) is 3.54. The van der Waals surface area contributed by atoms with Crippen molar-refractivity contribution in [3.05, 3.63) is 77.0 Å². The molecule has 2 aromatic rings. The molecule has 1 fully saturated rings. The highest BCUT2D eigenvalue weighted by molar-refractivity contribution is 6.02. The quantitative estimate of drug-likeness (QED) is 0.488. The molecule has 1 aliphatic rings. The summed E-state index contributed by atoms with van der Waals surface area (Å²) in [6.07, 6.45) is 2.49. The first-order chi connectivity index (χ1) is 14.0. The molecule has 29 heavy (non-hydrogen) atoms. The average Bonchev–Trinajstić information content (AvgIpc) is 2.66. The minimum atomic E-state index is 0.801. The Morgan fingerprint density at radius 1 is 1.10 bits per heavy atom. The number of benzene rings is 2. The van der Waals surface area contributed by atoms with Crippen molar-refractivity contribution in [2.45, 2.75) is 47.1 Å². The second-order valence-electron chi connectivity index (χ2n) is 8.08. The first-order valence-electron chi connectivity index (χ1n) is 10.6. The van der Waals surface area contributed by atoms with Crippen LogP contribution in [0.25, 0.3) is 0 Å². The van der Waals surface area contributed by atoms with Crippen molar-refractivity contribution in [1.29, 1.82) is 0 Å². The van der Waals surface area contributed by atoms with Crippen LogP contribution in [-0.4, -0.2) is 35.5 Å². The second kappa shape index (κ2) is 9.75. The topological polar surface area (TPSA) is 30.9 Å². The van der Waals surface area contributed by atoms with Crippen LogP contribution in [0.2, 0.25) is 0 Å². The Bertz CT molecular complexity index is 878. The van der Waals surface area contributed by atoms with Gasteiger partial charge >= 0.3 is 0 Å². The maximum atomic E-state index is 5.12. The van der Waals surface area contributed by atoms with Gasteiger partial charge in [0.1, 0.15) is 5.84 Å². The number of nitrogens with zero attached hydrogens (tertiary/aromatic N) is 3. The van der Waals surface area contributed by atoms with Crippen molar-refractivity contribution >= 4 is 11.5 Å². The lowest BCUT2D eigenvalue weighted by molar-refractivity contribution is 0.0272. The number of allylic oxidation sites excluding steroid dienone is 1. The molecule has 0 spiro atoms. The van der Waals surface area contributed by atoms with Gasteiger partial charge in [-0.1, -0.05) is 56.3 Å². The van der Waals surface area contributed by atoms with Gasteiger partial charge in [0, 0.05) is 24.4 Å². The first-order valence-corrected chi connectivity index (χ1v) is 10.6. The second-order valence-corrected chi connectivity index (χ2v) is 8.08. The molecule has 0 amide bonds. The molecule has 2 aromatic carbocycles. The third kappa shape index (κ3) is 5.48. The summed E-state index contributed by atoms with van der Waals surface area (Å²) in [4.78, 5) is 9.98. The highest BCUT2D eigenvalue weighted by Gasteiger charge is 2.28. The number of para-hydroxylation sites is 1. The van der Waals surface area contributed by atoms with E-state index in [0.717, 1.165) is 43.6 Å². The van der Waals surface area contributed by atoms with Crippen LogP contribution in [0.15, 0.2) is 59.7 Å². The third-order valence-corrected chi connectivity index (χ3v) is 5.34. The Morgan fingerprint density at radius 3 is 2.52 bits per heavy atom. The SMILES string of the molecule is C=C(C)NCc1ccc(/C(=N\c2ccccc2C)N2CN(CCCC)C2)c(C)c1. The van der Waals surface area contributed by atoms with Gasteiger partial charge in [-0.05, 0) is 49.9 Å². The summed E-state index contributed by atoms with van der Waals surface area (Å²) in [6, 6.07) is 15.0. The van der Waals surface area contributed by atoms with Crippen LogP contribution in [-0.2, 0) is 6.54 Å². The standard InChI is InChI=1S/C25H34N4/c1-6-7-14-28-17-29(18-28)25(27-24-11-9-8-10-20(24)4)23-13-12-22(15-21(23)5)16-26-19(2)3/h8-13,15,26H,2,6-7,14,16-18H2,1,3-5H3/b27-25+. The van der Waals surface area contributed by atoms with Crippen molar-refractivity contribution < 1.29 is 0 Å². The number of aryl methyl sites for hydroxylation is 2. The number of nitrogens with one attached hydrogen (secondary N) is 1. The molecule has 3 rings (SSSR count). The molecule has 0 aromatic heterocycles. The Hall–Kier alpha value is -2.59. The largest absolute Gasteiger partial charge is 0.385 e. The highest BCUT2D eigenvalue weighted by Crippen LogP contribution is 2.25. The lowest BCUT2D eigenvalue weighted by atomic mass is 10.0. The number of hydrogen-bond acceptors (Lipinski definition) is 3. The molecule has 1 saturated heterocycles. The van der Waals surface area contributed by atoms with Gasteiger partial charge in [0.05, 0.1) is 19.0 Å². The van der Waals surface area contributed by atoms with Crippen molar-refractivity contribution in [2.24, 2.45) is 4.99 Å². The average molecular weight is 391 g/mol. The zero-order valence-electron chi connectivity index (χ0n) is 18.3. The summed E-state index contributed by atoms with van der Waals surface area (Å²) >= 11 is 0. The molecule has 4 heteroatoms. The van der Waals surface area contributed by atoms with E-state index in [2.05, 4.69) is 84.9 Å². The van der Waals surface area contributed by atoms with E-state index in [1.165, 1.54) is 35.1 Å². The normalized spacial score (nSPS) is 14.6. The van der Waals surface area contributed by atoms with Gasteiger partial charge in [-0.3, -0.25) is 4.90 Å². The number of amidine groups is 1. The zero-order chi connectivity index (χ0) is 20.8. The molecule has 0 atom stereocenters. The third-order valence-electron chi connectivity index (χ3n) is 5.34. The van der Waals surface area contributed by atoms with Gasteiger partial charge in [0.15, 0.2) is 0 Å². The molecule has 0 aliphatic carbocycles. The molecule has 1 N–H and O–H groups in total. The van der Waals surface area contributed by atoms with E-state index in [0.29, 0.717) is 0 Å². The van der Waals surface area contributed by atoms with Gasteiger partial charge < -0.3 is 10.2 Å². The van der Waals surface area contributed by atoms with Gasteiger partial charge in [0.25, 0.3) is 0 Å². The minimum absolute atomic E-state index is 0.801. The Kier molecular flexibility index (Phi) is 7.10. The summed E-state index contributed by atoms with van der Waals surface area (Å²) in [6.45, 7) is 16.3. The molecule has 1 aliphatic heterocycles. The molecule has 0 radical (unpaired) electrons. The summed E-state index contributed by atoms with van der Waals surface area (Å²) in [5, 5.41) is 3.31.